The SMILES string of the molecule is CCOc1cncc(C(NC)c2ccc(C(C)C)cc2)c1. The van der Waals surface area contributed by atoms with Gasteiger partial charge in [-0.25, -0.2) is 0 Å². The second-order valence-electron chi connectivity index (χ2n) is 5.43. The van der Waals surface area contributed by atoms with Crippen LogP contribution in [0, 0.1) is 0 Å². The molecule has 21 heavy (non-hydrogen) atoms. The maximum atomic E-state index is 5.54. The Morgan fingerprint density at radius 1 is 1.05 bits per heavy atom. The van der Waals surface area contributed by atoms with Gasteiger partial charge in [-0.05, 0) is 42.6 Å². The largest absolute Gasteiger partial charge is 0.492 e. The molecule has 0 saturated heterocycles. The Hall–Kier alpha value is -1.87. The van der Waals surface area contributed by atoms with Gasteiger partial charge < -0.3 is 10.1 Å². The van der Waals surface area contributed by atoms with Crippen molar-refractivity contribution in [3.8, 4) is 5.75 Å². The molecule has 0 fully saturated rings. The second kappa shape index (κ2) is 7.23. The van der Waals surface area contributed by atoms with Crippen molar-refractivity contribution in [3.63, 3.8) is 0 Å². The quantitative estimate of drug-likeness (QED) is 0.873. The molecule has 0 aliphatic rings. The van der Waals surface area contributed by atoms with Crippen LogP contribution in [-0.2, 0) is 0 Å². The van der Waals surface area contributed by atoms with E-state index in [1.165, 1.54) is 11.1 Å². The van der Waals surface area contributed by atoms with E-state index in [1.54, 1.807) is 6.20 Å². The molecule has 2 aromatic rings. The monoisotopic (exact) mass is 284 g/mol. The molecule has 0 bridgehead atoms. The van der Waals surface area contributed by atoms with Crippen LogP contribution in [0.4, 0.5) is 0 Å². The molecule has 1 unspecified atom stereocenters. The molecule has 1 heterocycles. The predicted octanol–water partition coefficient (Wildman–Crippen LogP) is 3.91. The first kappa shape index (κ1) is 15.5. The number of ether oxygens (including phenoxy) is 1. The number of nitrogens with zero attached hydrogens (tertiary/aromatic N) is 1. The van der Waals surface area contributed by atoms with Gasteiger partial charge in [0.25, 0.3) is 0 Å². The molecule has 0 aliphatic heterocycles. The smallest absolute Gasteiger partial charge is 0.137 e. The summed E-state index contributed by atoms with van der Waals surface area (Å²) in [6, 6.07) is 10.9. The summed E-state index contributed by atoms with van der Waals surface area (Å²) in [5, 5.41) is 3.36. The summed E-state index contributed by atoms with van der Waals surface area (Å²) < 4.78 is 5.54. The fourth-order valence-electron chi connectivity index (χ4n) is 2.44. The molecule has 1 aromatic heterocycles. The number of hydrogen-bond donors (Lipinski definition) is 1. The first-order chi connectivity index (χ1) is 10.2. The van der Waals surface area contributed by atoms with Crippen molar-refractivity contribution in [3.05, 3.63) is 59.4 Å². The van der Waals surface area contributed by atoms with Gasteiger partial charge in [0.05, 0.1) is 18.8 Å². The number of rotatable bonds is 6. The molecule has 0 aliphatic carbocycles. The van der Waals surface area contributed by atoms with E-state index in [0.29, 0.717) is 12.5 Å². The Kier molecular flexibility index (Phi) is 5.34. The molecule has 2 rings (SSSR count). The highest BCUT2D eigenvalue weighted by atomic mass is 16.5. The molecule has 3 heteroatoms. The lowest BCUT2D eigenvalue weighted by Crippen LogP contribution is -2.18. The molecular weight excluding hydrogens is 260 g/mol. The fraction of sp³-hybridized carbons (Fsp3) is 0.389. The minimum Gasteiger partial charge on any atom is -0.492 e. The lowest BCUT2D eigenvalue weighted by atomic mass is 9.96. The zero-order valence-electron chi connectivity index (χ0n) is 13.3. The van der Waals surface area contributed by atoms with Crippen molar-refractivity contribution >= 4 is 0 Å². The van der Waals surface area contributed by atoms with Crippen molar-refractivity contribution in [1.29, 1.82) is 0 Å². The Bertz CT molecular complexity index is 564. The summed E-state index contributed by atoms with van der Waals surface area (Å²) in [4.78, 5) is 4.28. The van der Waals surface area contributed by atoms with E-state index in [9.17, 15) is 0 Å². The minimum absolute atomic E-state index is 0.124. The highest BCUT2D eigenvalue weighted by molar-refractivity contribution is 5.35. The van der Waals surface area contributed by atoms with Crippen molar-refractivity contribution in [2.24, 2.45) is 0 Å². The molecule has 0 saturated carbocycles. The van der Waals surface area contributed by atoms with E-state index in [0.717, 1.165) is 11.3 Å². The average molecular weight is 284 g/mol. The summed E-state index contributed by atoms with van der Waals surface area (Å²) >= 11 is 0. The molecule has 0 amide bonds. The van der Waals surface area contributed by atoms with E-state index >= 15 is 0 Å². The third kappa shape index (κ3) is 3.82. The Labute approximate surface area is 127 Å². The van der Waals surface area contributed by atoms with Crippen molar-refractivity contribution in [1.82, 2.24) is 10.3 Å². The van der Waals surface area contributed by atoms with Gasteiger partial charge in [-0.15, -0.1) is 0 Å². The van der Waals surface area contributed by atoms with Crippen molar-refractivity contribution in [2.45, 2.75) is 32.7 Å². The van der Waals surface area contributed by atoms with Crippen LogP contribution in [0.15, 0.2) is 42.7 Å². The van der Waals surface area contributed by atoms with Crippen LogP contribution in [0.25, 0.3) is 0 Å². The fourth-order valence-corrected chi connectivity index (χ4v) is 2.44. The van der Waals surface area contributed by atoms with Gasteiger partial charge in [-0.2, -0.15) is 0 Å². The standard InChI is InChI=1S/C18H24N2O/c1-5-21-17-10-16(11-20-12-17)18(19-4)15-8-6-14(7-9-15)13(2)3/h6-13,18-19H,5H2,1-4H3. The normalized spacial score (nSPS) is 12.4. The molecule has 1 aromatic carbocycles. The molecule has 112 valence electrons. The van der Waals surface area contributed by atoms with Crippen molar-refractivity contribution in [2.75, 3.05) is 13.7 Å². The molecule has 3 nitrogen and oxygen atoms in total. The summed E-state index contributed by atoms with van der Waals surface area (Å²) in [6.07, 6.45) is 3.64. The minimum atomic E-state index is 0.124. The maximum absolute atomic E-state index is 5.54. The summed E-state index contributed by atoms with van der Waals surface area (Å²) in [7, 11) is 1.97. The molecule has 0 radical (unpaired) electrons. The first-order valence-electron chi connectivity index (χ1n) is 7.50. The van der Waals surface area contributed by atoms with Gasteiger partial charge >= 0.3 is 0 Å². The van der Waals surface area contributed by atoms with Crippen LogP contribution < -0.4 is 10.1 Å². The molecule has 0 spiro atoms. The van der Waals surface area contributed by atoms with Gasteiger partial charge in [0.15, 0.2) is 0 Å². The number of aromatic nitrogens is 1. The molecule has 1 N–H and O–H groups in total. The zero-order chi connectivity index (χ0) is 15.2. The lowest BCUT2D eigenvalue weighted by molar-refractivity contribution is 0.338. The second-order valence-corrected chi connectivity index (χ2v) is 5.43. The summed E-state index contributed by atoms with van der Waals surface area (Å²) in [6.45, 7) is 7.05. The number of hydrogen-bond acceptors (Lipinski definition) is 3. The van der Waals surface area contributed by atoms with Gasteiger partial charge in [0.2, 0.25) is 0 Å². The van der Waals surface area contributed by atoms with Crippen LogP contribution in [0.3, 0.4) is 0 Å². The van der Waals surface area contributed by atoms with E-state index in [4.69, 9.17) is 4.74 Å². The van der Waals surface area contributed by atoms with E-state index < -0.39 is 0 Å². The maximum Gasteiger partial charge on any atom is 0.137 e. The predicted molar refractivity (Wildman–Crippen MR) is 86.8 cm³/mol. The lowest BCUT2D eigenvalue weighted by Gasteiger charge is -2.18. The molecular formula is C18H24N2O. The van der Waals surface area contributed by atoms with Gasteiger partial charge in [-0.3, -0.25) is 4.98 Å². The Morgan fingerprint density at radius 3 is 2.29 bits per heavy atom. The Morgan fingerprint density at radius 2 is 1.71 bits per heavy atom. The van der Waals surface area contributed by atoms with Crippen LogP contribution in [0.1, 0.15) is 49.4 Å². The number of pyridine rings is 1. The molecule has 1 atom stereocenters. The summed E-state index contributed by atoms with van der Waals surface area (Å²) in [5.41, 5.74) is 3.70. The first-order valence-corrected chi connectivity index (χ1v) is 7.50. The van der Waals surface area contributed by atoms with Crippen LogP contribution in [0.2, 0.25) is 0 Å². The topological polar surface area (TPSA) is 34.1 Å². The average Bonchev–Trinajstić information content (AvgIpc) is 2.49. The van der Waals surface area contributed by atoms with Gasteiger partial charge in [-0.1, -0.05) is 38.1 Å². The zero-order valence-corrected chi connectivity index (χ0v) is 13.3. The van der Waals surface area contributed by atoms with E-state index in [1.807, 2.05) is 26.2 Å². The van der Waals surface area contributed by atoms with Crippen LogP contribution >= 0.6 is 0 Å². The summed E-state index contributed by atoms with van der Waals surface area (Å²) in [5.74, 6) is 1.36. The third-order valence-electron chi connectivity index (χ3n) is 3.60. The highest BCUT2D eigenvalue weighted by Crippen LogP contribution is 2.25. The van der Waals surface area contributed by atoms with E-state index in [2.05, 4.69) is 48.4 Å². The van der Waals surface area contributed by atoms with E-state index in [-0.39, 0.29) is 6.04 Å². The highest BCUT2D eigenvalue weighted by Gasteiger charge is 2.13. The van der Waals surface area contributed by atoms with Gasteiger partial charge in [0.1, 0.15) is 5.75 Å². The Balaban J connectivity index is 2.28. The van der Waals surface area contributed by atoms with Crippen LogP contribution in [-0.4, -0.2) is 18.6 Å². The van der Waals surface area contributed by atoms with Gasteiger partial charge in [0, 0.05) is 6.20 Å². The van der Waals surface area contributed by atoms with Crippen LogP contribution in [0.5, 0.6) is 5.75 Å². The number of benzene rings is 1. The number of nitrogens with one attached hydrogen (secondary N) is 1. The van der Waals surface area contributed by atoms with Crippen molar-refractivity contribution < 1.29 is 4.74 Å². The third-order valence-corrected chi connectivity index (χ3v) is 3.60.